The molecule has 0 atom stereocenters. The van der Waals surface area contributed by atoms with Crippen molar-refractivity contribution < 1.29 is 4.42 Å². The van der Waals surface area contributed by atoms with Crippen LogP contribution in [0.25, 0.3) is 28.1 Å². The highest BCUT2D eigenvalue weighted by Gasteiger charge is 2.17. The third kappa shape index (κ3) is 2.18. The SMILES string of the molecule is CCc1ccc2oc(-c3nc4cc(C)ccn4c3NC)cc2c1. The molecule has 0 amide bonds. The number of aromatic nitrogens is 2. The molecule has 0 saturated carbocycles. The Hall–Kier alpha value is -2.75. The molecule has 4 heteroatoms. The third-order valence-electron chi connectivity index (χ3n) is 4.24. The molecule has 0 fully saturated rings. The molecule has 1 aromatic carbocycles. The summed E-state index contributed by atoms with van der Waals surface area (Å²) >= 11 is 0. The summed E-state index contributed by atoms with van der Waals surface area (Å²) in [5.74, 6) is 1.73. The van der Waals surface area contributed by atoms with Crippen LogP contribution in [0.5, 0.6) is 0 Å². The first-order chi connectivity index (χ1) is 11.2. The second kappa shape index (κ2) is 5.16. The predicted molar refractivity (Wildman–Crippen MR) is 94.1 cm³/mol. The van der Waals surface area contributed by atoms with Crippen LogP contribution >= 0.6 is 0 Å². The Morgan fingerprint density at radius 1 is 1.17 bits per heavy atom. The Labute approximate surface area is 134 Å². The van der Waals surface area contributed by atoms with Crippen molar-refractivity contribution in [3.63, 3.8) is 0 Å². The Morgan fingerprint density at radius 3 is 2.83 bits per heavy atom. The molecular formula is C19H19N3O. The Balaban J connectivity index is 1.94. The first-order valence-electron chi connectivity index (χ1n) is 7.89. The molecule has 0 spiro atoms. The van der Waals surface area contributed by atoms with E-state index < -0.39 is 0 Å². The number of imidazole rings is 1. The van der Waals surface area contributed by atoms with Gasteiger partial charge in [0.2, 0.25) is 0 Å². The van der Waals surface area contributed by atoms with Gasteiger partial charge in [-0.15, -0.1) is 0 Å². The van der Waals surface area contributed by atoms with Crippen LogP contribution in [0.1, 0.15) is 18.1 Å². The summed E-state index contributed by atoms with van der Waals surface area (Å²) in [5, 5.41) is 4.36. The van der Waals surface area contributed by atoms with E-state index in [1.807, 2.05) is 23.7 Å². The van der Waals surface area contributed by atoms with Crippen LogP contribution in [-0.4, -0.2) is 16.4 Å². The van der Waals surface area contributed by atoms with E-state index in [1.165, 1.54) is 11.1 Å². The smallest absolute Gasteiger partial charge is 0.157 e. The lowest BCUT2D eigenvalue weighted by molar-refractivity contribution is 0.629. The molecule has 3 heterocycles. The quantitative estimate of drug-likeness (QED) is 0.598. The summed E-state index contributed by atoms with van der Waals surface area (Å²) in [7, 11) is 1.91. The highest BCUT2D eigenvalue weighted by Crippen LogP contribution is 2.33. The summed E-state index contributed by atoms with van der Waals surface area (Å²) in [5.41, 5.74) is 5.15. The molecule has 4 aromatic rings. The van der Waals surface area contributed by atoms with Crippen molar-refractivity contribution in [2.75, 3.05) is 12.4 Å². The zero-order chi connectivity index (χ0) is 16.0. The van der Waals surface area contributed by atoms with Crippen molar-refractivity contribution in [2.24, 2.45) is 0 Å². The highest BCUT2D eigenvalue weighted by molar-refractivity contribution is 5.85. The number of aryl methyl sites for hydroxylation is 2. The van der Waals surface area contributed by atoms with Gasteiger partial charge in [-0.1, -0.05) is 13.0 Å². The van der Waals surface area contributed by atoms with E-state index in [1.54, 1.807) is 0 Å². The molecular weight excluding hydrogens is 286 g/mol. The number of furan rings is 1. The first kappa shape index (κ1) is 13.9. The molecule has 4 nitrogen and oxygen atoms in total. The van der Waals surface area contributed by atoms with Crippen LogP contribution in [0.4, 0.5) is 5.82 Å². The summed E-state index contributed by atoms with van der Waals surface area (Å²) < 4.78 is 8.09. The minimum atomic E-state index is 0.791. The van der Waals surface area contributed by atoms with Gasteiger partial charge in [-0.05, 0) is 54.8 Å². The van der Waals surface area contributed by atoms with E-state index in [4.69, 9.17) is 9.40 Å². The summed E-state index contributed by atoms with van der Waals surface area (Å²) in [6, 6.07) is 12.6. The normalized spacial score (nSPS) is 11.4. The van der Waals surface area contributed by atoms with E-state index in [-0.39, 0.29) is 0 Å². The van der Waals surface area contributed by atoms with Crippen molar-refractivity contribution in [2.45, 2.75) is 20.3 Å². The van der Waals surface area contributed by atoms with Crippen LogP contribution in [0.15, 0.2) is 47.0 Å². The molecule has 116 valence electrons. The molecule has 0 aliphatic rings. The van der Waals surface area contributed by atoms with Gasteiger partial charge in [-0.2, -0.15) is 0 Å². The summed E-state index contributed by atoms with van der Waals surface area (Å²) in [4.78, 5) is 4.76. The second-order valence-electron chi connectivity index (χ2n) is 5.83. The summed E-state index contributed by atoms with van der Waals surface area (Å²) in [6.45, 7) is 4.23. The Kier molecular flexibility index (Phi) is 3.11. The van der Waals surface area contributed by atoms with Crippen LogP contribution in [0.3, 0.4) is 0 Å². The molecule has 0 aliphatic heterocycles. The van der Waals surface area contributed by atoms with Crippen LogP contribution < -0.4 is 5.32 Å². The van der Waals surface area contributed by atoms with E-state index in [9.17, 15) is 0 Å². The van der Waals surface area contributed by atoms with Gasteiger partial charge in [-0.3, -0.25) is 4.40 Å². The topological polar surface area (TPSA) is 42.5 Å². The molecule has 4 rings (SSSR count). The Morgan fingerprint density at radius 2 is 2.04 bits per heavy atom. The Bertz CT molecular complexity index is 1010. The zero-order valence-electron chi connectivity index (χ0n) is 13.6. The monoisotopic (exact) mass is 305 g/mol. The number of nitrogens with one attached hydrogen (secondary N) is 1. The lowest BCUT2D eigenvalue weighted by Gasteiger charge is -2.02. The van der Waals surface area contributed by atoms with Gasteiger partial charge in [0.1, 0.15) is 22.7 Å². The maximum atomic E-state index is 6.04. The van der Waals surface area contributed by atoms with Crippen molar-refractivity contribution in [1.29, 1.82) is 0 Å². The summed E-state index contributed by atoms with van der Waals surface area (Å²) in [6.07, 6.45) is 3.05. The van der Waals surface area contributed by atoms with Gasteiger partial charge >= 0.3 is 0 Å². The molecule has 0 bridgehead atoms. The number of benzene rings is 1. The number of fused-ring (bicyclic) bond motifs is 2. The van der Waals surface area contributed by atoms with E-state index in [2.05, 4.69) is 49.5 Å². The maximum absolute atomic E-state index is 6.04. The second-order valence-corrected chi connectivity index (χ2v) is 5.83. The number of pyridine rings is 1. The van der Waals surface area contributed by atoms with Gasteiger partial charge in [0.25, 0.3) is 0 Å². The fourth-order valence-corrected chi connectivity index (χ4v) is 2.99. The minimum absolute atomic E-state index is 0.791. The standard InChI is InChI=1S/C19H19N3O/c1-4-13-5-6-15-14(10-13)11-16(23-15)18-19(20-3)22-8-7-12(2)9-17(22)21-18/h5-11,20H,4H2,1-3H3. The van der Waals surface area contributed by atoms with Gasteiger partial charge in [0.15, 0.2) is 5.76 Å². The van der Waals surface area contributed by atoms with Gasteiger partial charge < -0.3 is 9.73 Å². The van der Waals surface area contributed by atoms with Crippen LogP contribution in [0.2, 0.25) is 0 Å². The number of hydrogen-bond donors (Lipinski definition) is 1. The van der Waals surface area contributed by atoms with E-state index in [0.29, 0.717) is 0 Å². The number of nitrogens with zero attached hydrogens (tertiary/aromatic N) is 2. The number of rotatable bonds is 3. The highest BCUT2D eigenvalue weighted by atomic mass is 16.3. The first-order valence-corrected chi connectivity index (χ1v) is 7.89. The van der Waals surface area contributed by atoms with Crippen molar-refractivity contribution in [3.05, 3.63) is 53.7 Å². The average molecular weight is 305 g/mol. The lowest BCUT2D eigenvalue weighted by Crippen LogP contribution is -1.95. The van der Waals surface area contributed by atoms with Gasteiger partial charge in [0.05, 0.1) is 0 Å². The van der Waals surface area contributed by atoms with Crippen LogP contribution in [0, 0.1) is 6.92 Å². The largest absolute Gasteiger partial charge is 0.454 e. The van der Waals surface area contributed by atoms with E-state index in [0.717, 1.165) is 40.3 Å². The predicted octanol–water partition coefficient (Wildman–Crippen LogP) is 4.66. The molecule has 0 radical (unpaired) electrons. The molecule has 0 unspecified atom stereocenters. The van der Waals surface area contributed by atoms with Crippen molar-refractivity contribution in [1.82, 2.24) is 9.38 Å². The fraction of sp³-hybridized carbons (Fsp3) is 0.211. The fourth-order valence-electron chi connectivity index (χ4n) is 2.99. The van der Waals surface area contributed by atoms with E-state index >= 15 is 0 Å². The van der Waals surface area contributed by atoms with Gasteiger partial charge in [-0.25, -0.2) is 4.98 Å². The molecule has 23 heavy (non-hydrogen) atoms. The zero-order valence-corrected chi connectivity index (χ0v) is 13.6. The molecule has 3 aromatic heterocycles. The third-order valence-corrected chi connectivity index (χ3v) is 4.24. The van der Waals surface area contributed by atoms with Crippen molar-refractivity contribution in [3.8, 4) is 11.5 Å². The van der Waals surface area contributed by atoms with Gasteiger partial charge in [0, 0.05) is 18.6 Å². The molecule has 0 saturated heterocycles. The minimum Gasteiger partial charge on any atom is -0.454 e. The number of anilines is 1. The number of hydrogen-bond acceptors (Lipinski definition) is 3. The molecule has 0 aliphatic carbocycles. The lowest BCUT2D eigenvalue weighted by atomic mass is 10.1. The molecule has 1 N–H and O–H groups in total. The van der Waals surface area contributed by atoms with Crippen LogP contribution in [-0.2, 0) is 6.42 Å². The van der Waals surface area contributed by atoms with Crippen molar-refractivity contribution >= 4 is 22.4 Å². The average Bonchev–Trinajstić information content (AvgIpc) is 3.13. The maximum Gasteiger partial charge on any atom is 0.157 e.